The maximum absolute atomic E-state index is 12.7. The van der Waals surface area contributed by atoms with E-state index in [4.69, 9.17) is 0 Å². The van der Waals surface area contributed by atoms with Crippen molar-refractivity contribution in [3.8, 4) is 0 Å². The second-order valence-corrected chi connectivity index (χ2v) is 8.83. The first kappa shape index (κ1) is 14.1. The van der Waals surface area contributed by atoms with Gasteiger partial charge < -0.3 is 4.90 Å². The molecule has 1 fully saturated rings. The van der Waals surface area contributed by atoms with Gasteiger partial charge in [-0.2, -0.15) is 0 Å². The van der Waals surface area contributed by atoms with E-state index in [9.17, 15) is 13.2 Å². The van der Waals surface area contributed by atoms with Crippen molar-refractivity contribution >= 4 is 27.1 Å². The highest BCUT2D eigenvalue weighted by Crippen LogP contribution is 2.36. The number of sulfone groups is 1. The summed E-state index contributed by atoms with van der Waals surface area (Å²) >= 11 is 1.76. The Morgan fingerprint density at radius 2 is 2.30 bits per heavy atom. The average molecular weight is 313 g/mol. The van der Waals surface area contributed by atoms with Crippen molar-refractivity contribution in [2.45, 2.75) is 32.2 Å². The molecule has 0 N–H and O–H groups in total. The van der Waals surface area contributed by atoms with Gasteiger partial charge in [0.15, 0.2) is 9.84 Å². The molecule has 2 atom stereocenters. The molecule has 0 radical (unpaired) electrons. The van der Waals surface area contributed by atoms with Crippen LogP contribution in [0.25, 0.3) is 0 Å². The Morgan fingerprint density at radius 3 is 2.95 bits per heavy atom. The van der Waals surface area contributed by atoms with Crippen molar-refractivity contribution in [1.29, 1.82) is 0 Å². The van der Waals surface area contributed by atoms with Crippen molar-refractivity contribution < 1.29 is 13.2 Å². The fourth-order valence-electron chi connectivity index (χ4n) is 3.32. The van der Waals surface area contributed by atoms with E-state index >= 15 is 0 Å². The maximum atomic E-state index is 12.7. The van der Waals surface area contributed by atoms with E-state index in [-0.39, 0.29) is 29.4 Å². The van der Waals surface area contributed by atoms with Crippen LogP contribution >= 0.6 is 11.3 Å². The van der Waals surface area contributed by atoms with E-state index in [1.165, 1.54) is 10.4 Å². The molecule has 3 heterocycles. The standard InChI is InChI=1S/C14H19NO3S2/c1-2-12-11-4-7-19-13(11)3-6-15(12)14(16)10-5-8-20(17,18)9-10/h4,7,10,12H,2-3,5-6,8-9H2,1H3. The van der Waals surface area contributed by atoms with Gasteiger partial charge in [-0.05, 0) is 36.3 Å². The number of hydrogen-bond donors (Lipinski definition) is 0. The minimum Gasteiger partial charge on any atom is -0.335 e. The van der Waals surface area contributed by atoms with Crippen molar-refractivity contribution in [3.05, 3.63) is 21.9 Å². The van der Waals surface area contributed by atoms with Crippen LogP contribution in [0.2, 0.25) is 0 Å². The molecule has 1 aromatic rings. The molecule has 2 unspecified atom stereocenters. The largest absolute Gasteiger partial charge is 0.335 e. The van der Waals surface area contributed by atoms with Gasteiger partial charge in [0.25, 0.3) is 0 Å². The first-order valence-corrected chi connectivity index (χ1v) is 9.79. The van der Waals surface area contributed by atoms with E-state index in [2.05, 4.69) is 18.4 Å². The molecule has 0 aliphatic carbocycles. The summed E-state index contributed by atoms with van der Waals surface area (Å²) in [6.07, 6.45) is 2.27. The summed E-state index contributed by atoms with van der Waals surface area (Å²) in [7, 11) is -3.00. The Labute approximate surface area is 123 Å². The van der Waals surface area contributed by atoms with Gasteiger partial charge in [0.05, 0.1) is 23.5 Å². The van der Waals surface area contributed by atoms with Crippen molar-refractivity contribution in [2.75, 3.05) is 18.1 Å². The molecule has 4 nitrogen and oxygen atoms in total. The van der Waals surface area contributed by atoms with Crippen LogP contribution in [0, 0.1) is 5.92 Å². The number of thiophene rings is 1. The lowest BCUT2D eigenvalue weighted by molar-refractivity contribution is -0.137. The molecule has 1 aromatic heterocycles. The van der Waals surface area contributed by atoms with Crippen LogP contribution in [0.4, 0.5) is 0 Å². The summed E-state index contributed by atoms with van der Waals surface area (Å²) in [5, 5.41) is 2.08. The normalized spacial score (nSPS) is 28.4. The Hall–Kier alpha value is -0.880. The first-order chi connectivity index (χ1) is 9.52. The molecule has 0 spiro atoms. The molecule has 0 aromatic carbocycles. The fraction of sp³-hybridized carbons (Fsp3) is 0.643. The third kappa shape index (κ3) is 2.39. The maximum Gasteiger partial charge on any atom is 0.227 e. The Bertz CT molecular complexity index is 620. The second kappa shape index (κ2) is 5.15. The summed E-state index contributed by atoms with van der Waals surface area (Å²) in [6.45, 7) is 2.81. The molecule has 20 heavy (non-hydrogen) atoms. The predicted octanol–water partition coefficient (Wildman–Crippen LogP) is 2.02. The lowest BCUT2D eigenvalue weighted by Crippen LogP contribution is -2.42. The molecule has 0 bridgehead atoms. The van der Waals surface area contributed by atoms with Crippen LogP contribution in [0.3, 0.4) is 0 Å². The van der Waals surface area contributed by atoms with Crippen molar-refractivity contribution in [1.82, 2.24) is 4.90 Å². The smallest absolute Gasteiger partial charge is 0.227 e. The molecule has 3 rings (SSSR count). The molecule has 1 saturated heterocycles. The number of fused-ring (bicyclic) bond motifs is 1. The Balaban J connectivity index is 1.82. The number of rotatable bonds is 2. The van der Waals surface area contributed by atoms with Gasteiger partial charge in [0.1, 0.15) is 0 Å². The second-order valence-electron chi connectivity index (χ2n) is 5.60. The number of amides is 1. The third-order valence-electron chi connectivity index (χ3n) is 4.35. The molecular weight excluding hydrogens is 294 g/mol. The van der Waals surface area contributed by atoms with Gasteiger partial charge in [0, 0.05) is 11.4 Å². The van der Waals surface area contributed by atoms with Crippen LogP contribution in [0.1, 0.15) is 36.2 Å². The quantitative estimate of drug-likeness (QED) is 0.839. The zero-order valence-electron chi connectivity index (χ0n) is 11.5. The molecular formula is C14H19NO3S2. The number of carbonyl (C=O) groups is 1. The molecule has 6 heteroatoms. The third-order valence-corrected chi connectivity index (χ3v) is 7.11. The van der Waals surface area contributed by atoms with Gasteiger partial charge in [-0.1, -0.05) is 6.92 Å². The number of carbonyl (C=O) groups excluding carboxylic acids is 1. The summed E-state index contributed by atoms with van der Waals surface area (Å²) in [4.78, 5) is 15.9. The molecule has 1 amide bonds. The number of hydrogen-bond acceptors (Lipinski definition) is 4. The summed E-state index contributed by atoms with van der Waals surface area (Å²) < 4.78 is 23.1. The van der Waals surface area contributed by atoms with Crippen LogP contribution in [-0.2, 0) is 21.1 Å². The highest BCUT2D eigenvalue weighted by Gasteiger charge is 2.39. The van der Waals surface area contributed by atoms with Crippen LogP contribution in [-0.4, -0.2) is 37.3 Å². The van der Waals surface area contributed by atoms with Crippen LogP contribution in [0.5, 0.6) is 0 Å². The lowest BCUT2D eigenvalue weighted by Gasteiger charge is -2.36. The van der Waals surface area contributed by atoms with E-state index in [1.807, 2.05) is 4.90 Å². The Kier molecular flexibility index (Phi) is 3.62. The summed E-state index contributed by atoms with van der Waals surface area (Å²) in [5.41, 5.74) is 1.26. The van der Waals surface area contributed by atoms with Gasteiger partial charge in [-0.15, -0.1) is 11.3 Å². The van der Waals surface area contributed by atoms with E-state index in [0.717, 1.165) is 19.4 Å². The minimum absolute atomic E-state index is 0.0368. The first-order valence-electron chi connectivity index (χ1n) is 7.09. The molecule has 0 saturated carbocycles. The minimum atomic E-state index is -3.00. The fourth-order valence-corrected chi connectivity index (χ4v) is 5.99. The van der Waals surface area contributed by atoms with Gasteiger partial charge >= 0.3 is 0 Å². The summed E-state index contributed by atoms with van der Waals surface area (Å²) in [5.74, 6) is -0.0866. The molecule has 2 aliphatic heterocycles. The number of nitrogens with zero attached hydrogens (tertiary/aromatic N) is 1. The SMILES string of the molecule is CCC1c2ccsc2CCN1C(=O)C1CCS(=O)(=O)C1. The highest BCUT2D eigenvalue weighted by molar-refractivity contribution is 7.91. The topological polar surface area (TPSA) is 54.5 Å². The molecule has 110 valence electrons. The van der Waals surface area contributed by atoms with Crippen molar-refractivity contribution in [3.63, 3.8) is 0 Å². The van der Waals surface area contributed by atoms with Gasteiger partial charge in [-0.3, -0.25) is 4.79 Å². The summed E-state index contributed by atoms with van der Waals surface area (Å²) in [6, 6.07) is 2.24. The lowest BCUT2D eigenvalue weighted by atomic mass is 9.95. The molecule has 2 aliphatic rings. The monoisotopic (exact) mass is 313 g/mol. The van der Waals surface area contributed by atoms with Crippen molar-refractivity contribution in [2.24, 2.45) is 5.92 Å². The highest BCUT2D eigenvalue weighted by atomic mass is 32.2. The van der Waals surface area contributed by atoms with Crippen LogP contribution in [0.15, 0.2) is 11.4 Å². The predicted molar refractivity (Wildman–Crippen MR) is 79.5 cm³/mol. The van der Waals surface area contributed by atoms with Crippen LogP contribution < -0.4 is 0 Å². The zero-order valence-corrected chi connectivity index (χ0v) is 13.2. The van der Waals surface area contributed by atoms with E-state index in [0.29, 0.717) is 6.42 Å². The van der Waals surface area contributed by atoms with E-state index < -0.39 is 9.84 Å². The average Bonchev–Trinajstić information content (AvgIpc) is 3.02. The Morgan fingerprint density at radius 1 is 1.50 bits per heavy atom. The van der Waals surface area contributed by atoms with Gasteiger partial charge in [-0.25, -0.2) is 8.42 Å². The van der Waals surface area contributed by atoms with E-state index in [1.54, 1.807) is 11.3 Å². The van der Waals surface area contributed by atoms with Gasteiger partial charge in [0.2, 0.25) is 5.91 Å². The zero-order chi connectivity index (χ0) is 14.3.